The van der Waals surface area contributed by atoms with E-state index in [0.29, 0.717) is 11.5 Å². The van der Waals surface area contributed by atoms with Gasteiger partial charge in [-0.15, -0.1) is 23.4 Å². The van der Waals surface area contributed by atoms with Gasteiger partial charge in [-0.1, -0.05) is 0 Å². The number of ether oxygens (including phenoxy) is 2. The van der Waals surface area contributed by atoms with E-state index in [4.69, 9.17) is 9.84 Å². The highest BCUT2D eigenvalue weighted by molar-refractivity contribution is 5.81. The van der Waals surface area contributed by atoms with Crippen molar-refractivity contribution >= 4 is 11.5 Å². The molecule has 8 nitrogen and oxygen atoms in total. The van der Waals surface area contributed by atoms with Gasteiger partial charge >= 0.3 is 6.36 Å². The lowest BCUT2D eigenvalue weighted by Gasteiger charge is -2.34. The van der Waals surface area contributed by atoms with E-state index >= 15 is 0 Å². The van der Waals surface area contributed by atoms with Crippen molar-refractivity contribution in [2.45, 2.75) is 25.2 Å². The Balaban J connectivity index is 1.72. The highest BCUT2D eigenvalue weighted by Gasteiger charge is 2.33. The van der Waals surface area contributed by atoms with E-state index in [1.807, 2.05) is 0 Å². The highest BCUT2D eigenvalue weighted by atomic mass is 19.4. The average Bonchev–Trinajstić information content (AvgIpc) is 3.13. The summed E-state index contributed by atoms with van der Waals surface area (Å²) in [5.74, 6) is 0.459. The van der Waals surface area contributed by atoms with Crippen LogP contribution in [0, 0.1) is 5.92 Å². The molecule has 0 amide bonds. The number of benzene rings is 1. The Kier molecular flexibility index (Phi) is 4.91. The van der Waals surface area contributed by atoms with Gasteiger partial charge in [-0.05, 0) is 30.9 Å². The summed E-state index contributed by atoms with van der Waals surface area (Å²) in [6.07, 6.45) is -0.268. The molecule has 2 heterocycles. The third-order valence-corrected chi connectivity index (χ3v) is 4.85. The number of aliphatic hydroxyl groups excluding tert-OH is 1. The molecular formula is C18H18F3N5O3. The van der Waals surface area contributed by atoms with E-state index < -0.39 is 12.1 Å². The second-order valence-corrected chi connectivity index (χ2v) is 6.79. The summed E-state index contributed by atoms with van der Waals surface area (Å²) in [5, 5.41) is 20.6. The number of anilines is 1. The van der Waals surface area contributed by atoms with Crippen molar-refractivity contribution in [3.8, 4) is 22.8 Å². The quantitative estimate of drug-likeness (QED) is 0.647. The van der Waals surface area contributed by atoms with Crippen LogP contribution in [0.15, 0.2) is 30.7 Å². The summed E-state index contributed by atoms with van der Waals surface area (Å²) in [4.78, 5) is 4.08. The van der Waals surface area contributed by atoms with E-state index in [-0.39, 0.29) is 35.6 Å². The van der Waals surface area contributed by atoms with Gasteiger partial charge in [0, 0.05) is 24.3 Å². The second-order valence-electron chi connectivity index (χ2n) is 6.79. The van der Waals surface area contributed by atoms with Gasteiger partial charge in [-0.3, -0.25) is 4.40 Å². The normalized spacial score (nSPS) is 19.1. The lowest BCUT2D eigenvalue weighted by molar-refractivity contribution is -0.274. The molecule has 1 aliphatic carbocycles. The zero-order chi connectivity index (χ0) is 20.6. The second kappa shape index (κ2) is 7.39. The van der Waals surface area contributed by atoms with E-state index in [9.17, 15) is 13.2 Å². The van der Waals surface area contributed by atoms with Crippen molar-refractivity contribution < 1.29 is 27.8 Å². The van der Waals surface area contributed by atoms with Gasteiger partial charge in [0.25, 0.3) is 0 Å². The van der Waals surface area contributed by atoms with E-state index in [1.165, 1.54) is 31.8 Å². The van der Waals surface area contributed by atoms with Gasteiger partial charge in [-0.2, -0.15) is 0 Å². The van der Waals surface area contributed by atoms with Gasteiger partial charge in [-0.25, -0.2) is 4.98 Å². The van der Waals surface area contributed by atoms with Crippen molar-refractivity contribution in [2.75, 3.05) is 19.0 Å². The third kappa shape index (κ3) is 3.90. The van der Waals surface area contributed by atoms with E-state index in [0.717, 1.165) is 18.9 Å². The number of fused-ring (bicyclic) bond motifs is 1. The molecule has 3 aromatic rings. The predicted octanol–water partition coefficient (Wildman–Crippen LogP) is 2.88. The lowest BCUT2D eigenvalue weighted by Crippen LogP contribution is -2.38. The van der Waals surface area contributed by atoms with Crippen LogP contribution < -0.4 is 14.8 Å². The standard InChI is InChI=1S/C18H18F3N5O3/c1-28-12-2-3-13(15(6-12)29-18(19,20)21)16-14-7-22-9-26(14)17(25-24-16)23-11-4-10(5-11)8-27/h2-3,6-7,9-11,27H,4-5,8H2,1H3,(H,23,25). The van der Waals surface area contributed by atoms with Crippen LogP contribution in [0.4, 0.5) is 19.1 Å². The molecule has 0 atom stereocenters. The van der Waals surface area contributed by atoms with Crippen LogP contribution in [-0.2, 0) is 0 Å². The number of alkyl halides is 3. The molecule has 0 unspecified atom stereocenters. The van der Waals surface area contributed by atoms with Gasteiger partial charge in [0.2, 0.25) is 5.95 Å². The van der Waals surface area contributed by atoms with Crippen molar-refractivity contribution in [3.05, 3.63) is 30.7 Å². The minimum absolute atomic E-state index is 0.108. The van der Waals surface area contributed by atoms with E-state index in [1.54, 1.807) is 4.40 Å². The average molecular weight is 409 g/mol. The topological polar surface area (TPSA) is 93.8 Å². The molecule has 2 N–H and O–H groups in total. The van der Waals surface area contributed by atoms with Crippen LogP contribution in [0.2, 0.25) is 0 Å². The predicted molar refractivity (Wildman–Crippen MR) is 96.7 cm³/mol. The Bertz CT molecular complexity index is 1020. The minimum Gasteiger partial charge on any atom is -0.497 e. The monoisotopic (exact) mass is 409 g/mol. The number of imidazole rings is 1. The molecule has 0 spiro atoms. The number of hydrogen-bond donors (Lipinski definition) is 2. The molecule has 154 valence electrons. The van der Waals surface area contributed by atoms with Crippen LogP contribution in [0.25, 0.3) is 16.8 Å². The molecule has 0 saturated heterocycles. The maximum atomic E-state index is 12.9. The van der Waals surface area contributed by atoms with Crippen LogP contribution in [0.1, 0.15) is 12.8 Å². The molecule has 0 radical (unpaired) electrons. The first kappa shape index (κ1) is 19.2. The highest BCUT2D eigenvalue weighted by Crippen LogP contribution is 2.38. The zero-order valence-corrected chi connectivity index (χ0v) is 15.3. The molecule has 11 heteroatoms. The Labute approximate surface area is 163 Å². The minimum atomic E-state index is -4.87. The fourth-order valence-corrected chi connectivity index (χ4v) is 3.35. The first-order valence-electron chi connectivity index (χ1n) is 8.88. The molecule has 29 heavy (non-hydrogen) atoms. The molecule has 1 fully saturated rings. The summed E-state index contributed by atoms with van der Waals surface area (Å²) >= 11 is 0. The summed E-state index contributed by atoms with van der Waals surface area (Å²) in [6.45, 7) is 0.142. The van der Waals surface area contributed by atoms with Gasteiger partial charge < -0.3 is 19.9 Å². The van der Waals surface area contributed by atoms with Gasteiger partial charge in [0.05, 0.1) is 18.8 Å². The number of rotatable bonds is 6. The summed E-state index contributed by atoms with van der Waals surface area (Å²) in [6, 6.07) is 4.24. The Morgan fingerprint density at radius 1 is 1.28 bits per heavy atom. The Morgan fingerprint density at radius 2 is 2.07 bits per heavy atom. The maximum absolute atomic E-state index is 12.9. The maximum Gasteiger partial charge on any atom is 0.573 e. The smallest absolute Gasteiger partial charge is 0.497 e. The van der Waals surface area contributed by atoms with Gasteiger partial charge in [0.15, 0.2) is 0 Å². The number of nitrogens with zero attached hydrogens (tertiary/aromatic N) is 4. The molecule has 1 saturated carbocycles. The molecule has 4 rings (SSSR count). The summed E-state index contributed by atoms with van der Waals surface area (Å²) in [5.41, 5.74) is 0.770. The van der Waals surface area contributed by atoms with Crippen LogP contribution in [0.5, 0.6) is 11.5 Å². The number of hydrogen-bond acceptors (Lipinski definition) is 7. The molecular weight excluding hydrogens is 391 g/mol. The molecule has 0 aliphatic heterocycles. The molecule has 2 aromatic heterocycles. The van der Waals surface area contributed by atoms with Crippen LogP contribution in [-0.4, -0.2) is 50.8 Å². The third-order valence-electron chi connectivity index (χ3n) is 4.85. The molecule has 1 aromatic carbocycles. The number of nitrogens with one attached hydrogen (secondary N) is 1. The van der Waals surface area contributed by atoms with Crippen LogP contribution in [0.3, 0.4) is 0 Å². The van der Waals surface area contributed by atoms with Crippen LogP contribution >= 0.6 is 0 Å². The number of halogens is 3. The zero-order valence-electron chi connectivity index (χ0n) is 15.3. The summed E-state index contributed by atoms with van der Waals surface area (Å²) < 4.78 is 49.5. The Hall–Kier alpha value is -3.08. The molecule has 0 bridgehead atoms. The summed E-state index contributed by atoms with van der Waals surface area (Å²) in [7, 11) is 1.35. The lowest BCUT2D eigenvalue weighted by atomic mass is 9.81. The Morgan fingerprint density at radius 3 is 2.76 bits per heavy atom. The number of aliphatic hydroxyl groups is 1. The van der Waals surface area contributed by atoms with Crippen molar-refractivity contribution in [2.24, 2.45) is 5.92 Å². The van der Waals surface area contributed by atoms with Crippen molar-refractivity contribution in [3.63, 3.8) is 0 Å². The molecule has 1 aliphatic rings. The SMILES string of the molecule is COc1ccc(-c2nnc(NC3CC(CO)C3)n3cncc23)c(OC(F)(F)F)c1. The fraction of sp³-hybridized carbons (Fsp3) is 0.389. The van der Waals surface area contributed by atoms with Gasteiger partial charge in [0.1, 0.15) is 23.5 Å². The number of aromatic nitrogens is 4. The first-order chi connectivity index (χ1) is 13.9. The number of methoxy groups -OCH3 is 1. The largest absolute Gasteiger partial charge is 0.573 e. The fourth-order valence-electron chi connectivity index (χ4n) is 3.35. The van der Waals surface area contributed by atoms with Crippen molar-refractivity contribution in [1.82, 2.24) is 19.6 Å². The van der Waals surface area contributed by atoms with E-state index in [2.05, 4.69) is 25.2 Å². The first-order valence-corrected chi connectivity index (χ1v) is 8.88. The van der Waals surface area contributed by atoms with Crippen molar-refractivity contribution in [1.29, 1.82) is 0 Å².